The van der Waals surface area contributed by atoms with Gasteiger partial charge in [-0.1, -0.05) is 43.3 Å². The summed E-state index contributed by atoms with van der Waals surface area (Å²) in [6, 6.07) is 16.9. The highest BCUT2D eigenvalue weighted by Gasteiger charge is 2.10. The molecule has 0 amide bonds. The van der Waals surface area contributed by atoms with Crippen molar-refractivity contribution in [3.05, 3.63) is 65.5 Å². The highest BCUT2D eigenvalue weighted by molar-refractivity contribution is 5.74. The van der Waals surface area contributed by atoms with Crippen molar-refractivity contribution in [1.29, 1.82) is 0 Å². The molecule has 3 aromatic rings. The Morgan fingerprint density at radius 3 is 2.52 bits per heavy atom. The molecule has 0 saturated heterocycles. The van der Waals surface area contributed by atoms with E-state index in [0.29, 0.717) is 0 Å². The molecule has 1 aromatic heterocycles. The molecule has 2 N–H and O–H groups in total. The molecular formula is C18H21N3. The Morgan fingerprint density at radius 1 is 1.05 bits per heavy atom. The van der Waals surface area contributed by atoms with Crippen molar-refractivity contribution in [3.63, 3.8) is 0 Å². The molecule has 3 rings (SSSR count). The molecule has 2 aromatic carbocycles. The van der Waals surface area contributed by atoms with Gasteiger partial charge in [0.15, 0.2) is 0 Å². The molecule has 21 heavy (non-hydrogen) atoms. The topological polar surface area (TPSA) is 40.7 Å². The number of aryl methyl sites for hydroxylation is 1. The molecule has 1 heterocycles. The lowest BCUT2D eigenvalue weighted by Gasteiger charge is -2.13. The number of hydrogen-bond donors (Lipinski definition) is 2. The van der Waals surface area contributed by atoms with Crippen LogP contribution in [0.2, 0.25) is 0 Å². The third-order valence-electron chi connectivity index (χ3n) is 3.92. The van der Waals surface area contributed by atoms with Gasteiger partial charge in [-0.15, -0.1) is 0 Å². The monoisotopic (exact) mass is 279 g/mol. The smallest absolute Gasteiger partial charge is 0.124 e. The van der Waals surface area contributed by atoms with Gasteiger partial charge in [0.2, 0.25) is 0 Å². The number of rotatable bonds is 5. The molecule has 0 fully saturated rings. The Hall–Kier alpha value is -2.13. The Kier molecular flexibility index (Phi) is 4.02. The number of imidazole rings is 1. The van der Waals surface area contributed by atoms with Gasteiger partial charge >= 0.3 is 0 Å². The number of hydrogen-bond acceptors (Lipinski definition) is 2. The molecular weight excluding hydrogens is 258 g/mol. The SMILES string of the molecule is CCc1ccccc1CNC(C)c1nc2ccccc2[nH]1. The fourth-order valence-electron chi connectivity index (χ4n) is 2.61. The third kappa shape index (κ3) is 2.98. The van der Waals surface area contributed by atoms with Gasteiger partial charge in [0.25, 0.3) is 0 Å². The van der Waals surface area contributed by atoms with Gasteiger partial charge in [0, 0.05) is 6.54 Å². The Balaban J connectivity index is 1.72. The van der Waals surface area contributed by atoms with Crippen LogP contribution in [-0.2, 0) is 13.0 Å². The van der Waals surface area contributed by atoms with Crippen molar-refractivity contribution >= 4 is 11.0 Å². The first-order valence-electron chi connectivity index (χ1n) is 7.52. The largest absolute Gasteiger partial charge is 0.341 e. The highest BCUT2D eigenvalue weighted by Crippen LogP contribution is 2.16. The molecule has 0 aliphatic carbocycles. The van der Waals surface area contributed by atoms with Crippen LogP contribution in [-0.4, -0.2) is 9.97 Å². The van der Waals surface area contributed by atoms with Crippen LogP contribution >= 0.6 is 0 Å². The minimum atomic E-state index is 0.197. The number of aromatic nitrogens is 2. The van der Waals surface area contributed by atoms with E-state index >= 15 is 0 Å². The van der Waals surface area contributed by atoms with Gasteiger partial charge in [-0.25, -0.2) is 4.98 Å². The lowest BCUT2D eigenvalue weighted by molar-refractivity contribution is 0.550. The average molecular weight is 279 g/mol. The second kappa shape index (κ2) is 6.10. The summed E-state index contributed by atoms with van der Waals surface area (Å²) in [5.74, 6) is 0.991. The van der Waals surface area contributed by atoms with Crippen molar-refractivity contribution in [2.75, 3.05) is 0 Å². The van der Waals surface area contributed by atoms with Gasteiger partial charge in [0.05, 0.1) is 17.1 Å². The summed E-state index contributed by atoms with van der Waals surface area (Å²) in [6.07, 6.45) is 1.07. The first kappa shape index (κ1) is 13.8. The molecule has 3 heteroatoms. The number of nitrogens with one attached hydrogen (secondary N) is 2. The van der Waals surface area contributed by atoms with Crippen molar-refractivity contribution in [2.45, 2.75) is 32.9 Å². The van der Waals surface area contributed by atoms with Crippen LogP contribution in [0.5, 0.6) is 0 Å². The second-order valence-corrected chi connectivity index (χ2v) is 5.36. The van der Waals surface area contributed by atoms with Gasteiger partial charge in [0.1, 0.15) is 5.82 Å². The lowest BCUT2D eigenvalue weighted by Crippen LogP contribution is -2.19. The van der Waals surface area contributed by atoms with Gasteiger partial charge in [-0.3, -0.25) is 0 Å². The number of nitrogens with zero attached hydrogens (tertiary/aromatic N) is 1. The van der Waals surface area contributed by atoms with Crippen molar-refractivity contribution in [3.8, 4) is 0 Å². The first-order valence-corrected chi connectivity index (χ1v) is 7.52. The van der Waals surface area contributed by atoms with Crippen LogP contribution in [0.25, 0.3) is 11.0 Å². The molecule has 0 aliphatic rings. The summed E-state index contributed by atoms with van der Waals surface area (Å²) in [5.41, 5.74) is 4.88. The van der Waals surface area contributed by atoms with Crippen LogP contribution in [0.3, 0.4) is 0 Å². The van der Waals surface area contributed by atoms with Crippen LogP contribution in [0.1, 0.15) is 36.8 Å². The predicted molar refractivity (Wildman–Crippen MR) is 87.2 cm³/mol. The Labute approximate surface area is 125 Å². The fourth-order valence-corrected chi connectivity index (χ4v) is 2.61. The zero-order chi connectivity index (χ0) is 14.7. The summed E-state index contributed by atoms with van der Waals surface area (Å²) in [6.45, 7) is 5.20. The summed E-state index contributed by atoms with van der Waals surface area (Å²) >= 11 is 0. The summed E-state index contributed by atoms with van der Waals surface area (Å²) in [5, 5.41) is 3.56. The standard InChI is InChI=1S/C18H21N3/c1-3-14-8-4-5-9-15(14)12-19-13(2)18-20-16-10-6-7-11-17(16)21-18/h4-11,13,19H,3,12H2,1-2H3,(H,20,21). The number of para-hydroxylation sites is 2. The first-order chi connectivity index (χ1) is 10.3. The molecule has 3 nitrogen and oxygen atoms in total. The maximum Gasteiger partial charge on any atom is 0.124 e. The van der Waals surface area contributed by atoms with Crippen LogP contribution in [0.4, 0.5) is 0 Å². The maximum absolute atomic E-state index is 4.65. The number of fused-ring (bicyclic) bond motifs is 1. The predicted octanol–water partition coefficient (Wildman–Crippen LogP) is 3.98. The summed E-state index contributed by atoms with van der Waals surface area (Å²) in [4.78, 5) is 8.04. The zero-order valence-corrected chi connectivity index (χ0v) is 12.6. The normalized spacial score (nSPS) is 12.7. The van der Waals surface area contributed by atoms with E-state index in [1.165, 1.54) is 11.1 Å². The molecule has 0 bridgehead atoms. The van der Waals surface area contributed by atoms with E-state index in [4.69, 9.17) is 0 Å². The third-order valence-corrected chi connectivity index (χ3v) is 3.92. The molecule has 0 spiro atoms. The van der Waals surface area contributed by atoms with E-state index in [-0.39, 0.29) is 6.04 Å². The minimum Gasteiger partial charge on any atom is -0.341 e. The maximum atomic E-state index is 4.65. The van der Waals surface area contributed by atoms with E-state index in [1.54, 1.807) is 0 Å². The second-order valence-electron chi connectivity index (χ2n) is 5.36. The summed E-state index contributed by atoms with van der Waals surface area (Å²) in [7, 11) is 0. The summed E-state index contributed by atoms with van der Waals surface area (Å²) < 4.78 is 0. The molecule has 108 valence electrons. The van der Waals surface area contributed by atoms with Crippen LogP contribution in [0, 0.1) is 0 Å². The van der Waals surface area contributed by atoms with E-state index in [1.807, 2.05) is 18.2 Å². The van der Waals surface area contributed by atoms with Crippen LogP contribution in [0.15, 0.2) is 48.5 Å². The minimum absolute atomic E-state index is 0.197. The zero-order valence-electron chi connectivity index (χ0n) is 12.6. The van der Waals surface area contributed by atoms with Gasteiger partial charge in [-0.05, 0) is 36.6 Å². The fraction of sp³-hybridized carbons (Fsp3) is 0.278. The molecule has 1 unspecified atom stereocenters. The lowest BCUT2D eigenvalue weighted by atomic mass is 10.1. The molecule has 1 atom stereocenters. The van der Waals surface area contributed by atoms with E-state index < -0.39 is 0 Å². The van der Waals surface area contributed by atoms with Crippen molar-refractivity contribution < 1.29 is 0 Å². The Morgan fingerprint density at radius 2 is 1.76 bits per heavy atom. The van der Waals surface area contributed by atoms with Crippen molar-refractivity contribution in [1.82, 2.24) is 15.3 Å². The van der Waals surface area contributed by atoms with E-state index in [0.717, 1.165) is 29.8 Å². The van der Waals surface area contributed by atoms with Gasteiger partial charge < -0.3 is 10.3 Å². The van der Waals surface area contributed by atoms with E-state index in [2.05, 4.69) is 59.5 Å². The highest BCUT2D eigenvalue weighted by atomic mass is 15.0. The quantitative estimate of drug-likeness (QED) is 0.741. The molecule has 0 aliphatic heterocycles. The van der Waals surface area contributed by atoms with Gasteiger partial charge in [-0.2, -0.15) is 0 Å². The number of aromatic amines is 1. The van der Waals surface area contributed by atoms with Crippen LogP contribution < -0.4 is 5.32 Å². The number of benzene rings is 2. The Bertz CT molecular complexity index is 697. The average Bonchev–Trinajstić information content (AvgIpc) is 2.97. The van der Waals surface area contributed by atoms with Crippen molar-refractivity contribution in [2.24, 2.45) is 0 Å². The molecule has 0 radical (unpaired) electrons. The number of H-pyrrole nitrogens is 1. The van der Waals surface area contributed by atoms with E-state index in [9.17, 15) is 0 Å². The molecule has 0 saturated carbocycles.